The molecule has 0 aliphatic carbocycles. The number of rotatable bonds is 5. The van der Waals surface area contributed by atoms with E-state index in [0.29, 0.717) is 17.2 Å². The topological polar surface area (TPSA) is 57.2 Å². The molecule has 2 aromatic carbocycles. The van der Waals surface area contributed by atoms with E-state index in [1.54, 1.807) is 26.2 Å². The van der Waals surface area contributed by atoms with E-state index in [-0.39, 0.29) is 6.61 Å². The SMILES string of the molecule is COc1cc(/C=C2/COC(=O)N2c2ccccc2)cc(OC)c1OC. The second-order valence-electron chi connectivity index (χ2n) is 5.32. The van der Waals surface area contributed by atoms with Crippen LogP contribution >= 0.6 is 0 Å². The Hall–Kier alpha value is -3.15. The first-order chi connectivity index (χ1) is 12.2. The van der Waals surface area contributed by atoms with Crippen LogP contribution in [0, 0.1) is 0 Å². The Labute approximate surface area is 146 Å². The summed E-state index contributed by atoms with van der Waals surface area (Å²) in [5.74, 6) is 1.61. The highest BCUT2D eigenvalue weighted by Gasteiger charge is 2.29. The number of anilines is 1. The van der Waals surface area contributed by atoms with E-state index in [2.05, 4.69) is 0 Å². The summed E-state index contributed by atoms with van der Waals surface area (Å²) in [7, 11) is 4.68. The van der Waals surface area contributed by atoms with Crippen LogP contribution in [0.25, 0.3) is 6.08 Å². The van der Waals surface area contributed by atoms with Gasteiger partial charge in [-0.2, -0.15) is 0 Å². The van der Waals surface area contributed by atoms with Gasteiger partial charge in [0.25, 0.3) is 0 Å². The van der Waals surface area contributed by atoms with Crippen LogP contribution in [0.1, 0.15) is 5.56 Å². The lowest BCUT2D eigenvalue weighted by atomic mass is 10.1. The zero-order valence-corrected chi connectivity index (χ0v) is 14.3. The fourth-order valence-corrected chi connectivity index (χ4v) is 2.71. The van der Waals surface area contributed by atoms with Crippen LogP contribution in [0.3, 0.4) is 0 Å². The highest BCUT2D eigenvalue weighted by atomic mass is 16.6. The molecule has 3 rings (SSSR count). The number of hydrogen-bond donors (Lipinski definition) is 0. The number of nitrogens with zero attached hydrogens (tertiary/aromatic N) is 1. The standard InChI is InChI=1S/C19H19NO5/c1-22-16-10-13(11-17(23-2)18(16)24-3)9-15-12-25-19(21)20(15)14-7-5-4-6-8-14/h4-11H,12H2,1-3H3/b15-9-. The fourth-order valence-electron chi connectivity index (χ4n) is 2.71. The molecule has 0 aromatic heterocycles. The minimum absolute atomic E-state index is 0.199. The molecule has 1 saturated heterocycles. The summed E-state index contributed by atoms with van der Waals surface area (Å²) in [6.45, 7) is 0.199. The molecule has 0 atom stereocenters. The van der Waals surface area contributed by atoms with E-state index in [1.165, 1.54) is 0 Å². The number of para-hydroxylation sites is 1. The summed E-state index contributed by atoms with van der Waals surface area (Å²) in [4.78, 5) is 13.7. The summed E-state index contributed by atoms with van der Waals surface area (Å²) in [5.41, 5.74) is 2.29. The van der Waals surface area contributed by atoms with Crippen molar-refractivity contribution in [2.24, 2.45) is 0 Å². The molecule has 0 bridgehead atoms. The highest BCUT2D eigenvalue weighted by molar-refractivity contribution is 5.95. The first kappa shape index (κ1) is 16.7. The molecule has 6 heteroatoms. The lowest BCUT2D eigenvalue weighted by Crippen LogP contribution is -2.21. The van der Waals surface area contributed by atoms with E-state index in [9.17, 15) is 4.79 Å². The number of hydrogen-bond acceptors (Lipinski definition) is 5. The minimum Gasteiger partial charge on any atom is -0.493 e. The Morgan fingerprint density at radius 1 is 1.00 bits per heavy atom. The van der Waals surface area contributed by atoms with Gasteiger partial charge in [0.05, 0.1) is 32.7 Å². The summed E-state index contributed by atoms with van der Waals surface area (Å²) in [5, 5.41) is 0. The molecule has 1 amide bonds. The molecule has 25 heavy (non-hydrogen) atoms. The zero-order chi connectivity index (χ0) is 17.8. The van der Waals surface area contributed by atoms with Crippen LogP contribution in [0.15, 0.2) is 48.2 Å². The van der Waals surface area contributed by atoms with Gasteiger partial charge < -0.3 is 18.9 Å². The van der Waals surface area contributed by atoms with Gasteiger partial charge in [-0.15, -0.1) is 0 Å². The van der Waals surface area contributed by atoms with Gasteiger partial charge in [0.1, 0.15) is 6.61 Å². The van der Waals surface area contributed by atoms with Crippen LogP contribution in [0.5, 0.6) is 17.2 Å². The predicted octanol–water partition coefficient (Wildman–Crippen LogP) is 3.71. The molecule has 0 spiro atoms. The monoisotopic (exact) mass is 341 g/mol. The third-order valence-electron chi connectivity index (χ3n) is 3.85. The molecule has 0 unspecified atom stereocenters. The third-order valence-corrected chi connectivity index (χ3v) is 3.85. The van der Waals surface area contributed by atoms with Gasteiger partial charge in [0, 0.05) is 0 Å². The number of benzene rings is 2. The van der Waals surface area contributed by atoms with E-state index in [1.807, 2.05) is 48.5 Å². The number of carbonyl (C=O) groups is 1. The van der Waals surface area contributed by atoms with Crippen molar-refractivity contribution in [2.75, 3.05) is 32.8 Å². The van der Waals surface area contributed by atoms with Crippen LogP contribution in [-0.2, 0) is 4.74 Å². The second-order valence-corrected chi connectivity index (χ2v) is 5.32. The summed E-state index contributed by atoms with van der Waals surface area (Å²) in [6, 6.07) is 13.0. The van der Waals surface area contributed by atoms with E-state index >= 15 is 0 Å². The Bertz CT molecular complexity index is 776. The van der Waals surface area contributed by atoms with Crippen LogP contribution < -0.4 is 19.1 Å². The molecule has 1 fully saturated rings. The second kappa shape index (κ2) is 7.17. The smallest absolute Gasteiger partial charge is 0.419 e. The first-order valence-electron chi connectivity index (χ1n) is 7.70. The average molecular weight is 341 g/mol. The molecule has 6 nitrogen and oxygen atoms in total. The average Bonchev–Trinajstić information content (AvgIpc) is 3.01. The van der Waals surface area contributed by atoms with Crippen molar-refractivity contribution in [2.45, 2.75) is 0 Å². The molecule has 0 N–H and O–H groups in total. The molecule has 1 aliphatic heterocycles. The van der Waals surface area contributed by atoms with E-state index in [0.717, 1.165) is 16.9 Å². The van der Waals surface area contributed by atoms with Gasteiger partial charge in [0.15, 0.2) is 11.5 Å². The summed E-state index contributed by atoms with van der Waals surface area (Å²) >= 11 is 0. The van der Waals surface area contributed by atoms with E-state index in [4.69, 9.17) is 18.9 Å². The molecule has 2 aromatic rings. The van der Waals surface area contributed by atoms with Crippen molar-refractivity contribution in [3.8, 4) is 17.2 Å². The number of cyclic esters (lactones) is 1. The molecular formula is C19H19NO5. The molecule has 0 radical (unpaired) electrons. The summed E-state index contributed by atoms with van der Waals surface area (Å²) < 4.78 is 21.3. The molecule has 1 heterocycles. The quantitative estimate of drug-likeness (QED) is 0.830. The van der Waals surface area contributed by atoms with E-state index < -0.39 is 6.09 Å². The van der Waals surface area contributed by atoms with Gasteiger partial charge in [0.2, 0.25) is 5.75 Å². The zero-order valence-electron chi connectivity index (χ0n) is 14.3. The van der Waals surface area contributed by atoms with Crippen LogP contribution in [-0.4, -0.2) is 34.0 Å². The lowest BCUT2D eigenvalue weighted by molar-refractivity contribution is 0.182. The Morgan fingerprint density at radius 2 is 1.64 bits per heavy atom. The molecule has 0 saturated carbocycles. The van der Waals surface area contributed by atoms with Crippen molar-refractivity contribution in [1.29, 1.82) is 0 Å². The van der Waals surface area contributed by atoms with Crippen molar-refractivity contribution in [3.63, 3.8) is 0 Å². The van der Waals surface area contributed by atoms with Crippen molar-refractivity contribution in [1.82, 2.24) is 0 Å². The predicted molar refractivity (Wildman–Crippen MR) is 94.3 cm³/mol. The van der Waals surface area contributed by atoms with Gasteiger partial charge >= 0.3 is 6.09 Å². The Kier molecular flexibility index (Phi) is 4.79. The third kappa shape index (κ3) is 3.24. The molecular weight excluding hydrogens is 322 g/mol. The number of carbonyl (C=O) groups excluding carboxylic acids is 1. The number of methoxy groups -OCH3 is 3. The van der Waals surface area contributed by atoms with Gasteiger partial charge in [-0.25, -0.2) is 9.69 Å². The lowest BCUT2D eigenvalue weighted by Gasteiger charge is -2.16. The minimum atomic E-state index is -0.398. The fraction of sp³-hybridized carbons (Fsp3) is 0.211. The van der Waals surface area contributed by atoms with Crippen molar-refractivity contribution < 1.29 is 23.7 Å². The van der Waals surface area contributed by atoms with Gasteiger partial charge in [-0.1, -0.05) is 18.2 Å². The largest absolute Gasteiger partial charge is 0.493 e. The summed E-state index contributed by atoms with van der Waals surface area (Å²) in [6.07, 6.45) is 1.47. The van der Waals surface area contributed by atoms with Crippen molar-refractivity contribution in [3.05, 3.63) is 53.7 Å². The first-order valence-corrected chi connectivity index (χ1v) is 7.70. The van der Waals surface area contributed by atoms with Gasteiger partial charge in [-0.3, -0.25) is 0 Å². The Morgan fingerprint density at radius 3 is 2.20 bits per heavy atom. The van der Waals surface area contributed by atoms with Gasteiger partial charge in [-0.05, 0) is 35.9 Å². The maximum Gasteiger partial charge on any atom is 0.419 e. The maximum atomic E-state index is 12.1. The number of amides is 1. The maximum absolute atomic E-state index is 12.1. The highest BCUT2D eigenvalue weighted by Crippen LogP contribution is 2.39. The number of ether oxygens (including phenoxy) is 4. The molecule has 1 aliphatic rings. The van der Waals surface area contributed by atoms with Crippen molar-refractivity contribution >= 4 is 17.9 Å². The normalized spacial score (nSPS) is 15.2. The van der Waals surface area contributed by atoms with Crippen LogP contribution in [0.4, 0.5) is 10.5 Å². The van der Waals surface area contributed by atoms with Crippen LogP contribution in [0.2, 0.25) is 0 Å². The Balaban J connectivity index is 2.03. The molecule has 130 valence electrons.